The zero-order valence-corrected chi connectivity index (χ0v) is 13.3. The number of benzene rings is 1. The van der Waals surface area contributed by atoms with Gasteiger partial charge >= 0.3 is 5.97 Å². The smallest absolute Gasteiger partial charge is 0.328 e. The molecule has 0 saturated heterocycles. The van der Waals surface area contributed by atoms with Crippen molar-refractivity contribution in [3.05, 3.63) is 29.8 Å². The molecule has 0 bridgehead atoms. The van der Waals surface area contributed by atoms with Crippen molar-refractivity contribution in [1.29, 1.82) is 0 Å². The highest BCUT2D eigenvalue weighted by atomic mass is 16.5. The lowest BCUT2D eigenvalue weighted by Gasteiger charge is -2.22. The van der Waals surface area contributed by atoms with Gasteiger partial charge in [0.05, 0.1) is 18.4 Å². The predicted octanol–water partition coefficient (Wildman–Crippen LogP) is 1.96. The number of esters is 1. The topological polar surface area (TPSA) is 84.5 Å². The van der Waals surface area contributed by atoms with Gasteiger partial charge in [-0.1, -0.05) is 32.4 Å². The monoisotopic (exact) mass is 306 g/mol. The number of rotatable bonds is 6. The van der Waals surface area contributed by atoms with Gasteiger partial charge in [0, 0.05) is 6.92 Å². The Bertz CT molecular complexity index is 557. The summed E-state index contributed by atoms with van der Waals surface area (Å²) in [5.41, 5.74) is 0.704. The molecule has 1 aromatic rings. The third kappa shape index (κ3) is 4.58. The summed E-state index contributed by atoms with van der Waals surface area (Å²) in [6.07, 6.45) is 0.716. The van der Waals surface area contributed by atoms with Crippen LogP contribution in [0.15, 0.2) is 24.3 Å². The Morgan fingerprint density at radius 2 is 1.86 bits per heavy atom. The molecule has 1 aromatic carbocycles. The molecule has 2 amide bonds. The SMILES string of the molecule is CC[C@H](C)[C@H](NC(=O)c1ccccc1NC(C)=O)C(=O)OC. The molecule has 6 nitrogen and oxygen atoms in total. The number of nitrogens with one attached hydrogen (secondary N) is 2. The molecular weight excluding hydrogens is 284 g/mol. The summed E-state index contributed by atoms with van der Waals surface area (Å²) in [4.78, 5) is 35.5. The van der Waals surface area contributed by atoms with E-state index in [-0.39, 0.29) is 11.8 Å². The van der Waals surface area contributed by atoms with Crippen LogP contribution in [0.3, 0.4) is 0 Å². The second-order valence-corrected chi connectivity index (χ2v) is 5.09. The van der Waals surface area contributed by atoms with Crippen LogP contribution in [0.1, 0.15) is 37.6 Å². The van der Waals surface area contributed by atoms with Crippen molar-refractivity contribution in [3.63, 3.8) is 0 Å². The van der Waals surface area contributed by atoms with Gasteiger partial charge in [-0.3, -0.25) is 9.59 Å². The van der Waals surface area contributed by atoms with Gasteiger partial charge in [-0.15, -0.1) is 0 Å². The number of hydrogen-bond acceptors (Lipinski definition) is 4. The first-order valence-electron chi connectivity index (χ1n) is 7.16. The van der Waals surface area contributed by atoms with Crippen molar-refractivity contribution in [2.24, 2.45) is 5.92 Å². The number of carbonyl (C=O) groups is 3. The van der Waals surface area contributed by atoms with E-state index >= 15 is 0 Å². The highest BCUT2D eigenvalue weighted by Gasteiger charge is 2.27. The second kappa shape index (κ2) is 8.17. The lowest BCUT2D eigenvalue weighted by atomic mass is 9.98. The highest BCUT2D eigenvalue weighted by Crippen LogP contribution is 2.16. The van der Waals surface area contributed by atoms with E-state index in [2.05, 4.69) is 10.6 Å². The molecule has 2 N–H and O–H groups in total. The number of amides is 2. The summed E-state index contributed by atoms with van der Waals surface area (Å²) >= 11 is 0. The van der Waals surface area contributed by atoms with E-state index in [0.29, 0.717) is 17.7 Å². The van der Waals surface area contributed by atoms with Gasteiger partial charge in [0.25, 0.3) is 5.91 Å². The van der Waals surface area contributed by atoms with Crippen molar-refractivity contribution in [1.82, 2.24) is 5.32 Å². The Labute approximate surface area is 130 Å². The van der Waals surface area contributed by atoms with Crippen LogP contribution in [0.25, 0.3) is 0 Å². The fourth-order valence-electron chi connectivity index (χ4n) is 1.99. The van der Waals surface area contributed by atoms with Gasteiger partial charge < -0.3 is 15.4 Å². The maximum absolute atomic E-state index is 12.4. The van der Waals surface area contributed by atoms with E-state index in [9.17, 15) is 14.4 Å². The predicted molar refractivity (Wildman–Crippen MR) is 83.5 cm³/mol. The Balaban J connectivity index is 3.00. The normalized spacial score (nSPS) is 12.9. The molecule has 0 heterocycles. The molecule has 6 heteroatoms. The van der Waals surface area contributed by atoms with Crippen LogP contribution in [0, 0.1) is 5.92 Å². The fraction of sp³-hybridized carbons (Fsp3) is 0.438. The molecule has 0 aliphatic carbocycles. The van der Waals surface area contributed by atoms with Gasteiger partial charge in [-0.2, -0.15) is 0 Å². The Hall–Kier alpha value is -2.37. The lowest BCUT2D eigenvalue weighted by molar-refractivity contribution is -0.144. The number of para-hydroxylation sites is 1. The number of ether oxygens (including phenoxy) is 1. The minimum atomic E-state index is -0.729. The first kappa shape index (κ1) is 17.7. The summed E-state index contributed by atoms with van der Waals surface area (Å²) in [5, 5.41) is 5.28. The molecule has 0 aromatic heterocycles. The van der Waals surface area contributed by atoms with Crippen molar-refractivity contribution in [2.75, 3.05) is 12.4 Å². The third-order valence-corrected chi connectivity index (χ3v) is 3.44. The Kier molecular flexibility index (Phi) is 6.56. The molecule has 0 aliphatic rings. The molecule has 120 valence electrons. The van der Waals surface area contributed by atoms with Crippen molar-refractivity contribution < 1.29 is 19.1 Å². The van der Waals surface area contributed by atoms with E-state index in [1.165, 1.54) is 14.0 Å². The van der Waals surface area contributed by atoms with Crippen LogP contribution in [-0.2, 0) is 14.3 Å². The molecule has 0 unspecified atom stereocenters. The van der Waals surface area contributed by atoms with E-state index in [4.69, 9.17) is 4.74 Å². The summed E-state index contributed by atoms with van der Waals surface area (Å²) in [7, 11) is 1.29. The quantitative estimate of drug-likeness (QED) is 0.787. The molecule has 0 spiro atoms. The number of methoxy groups -OCH3 is 1. The Morgan fingerprint density at radius 1 is 1.23 bits per heavy atom. The average Bonchev–Trinajstić information content (AvgIpc) is 2.50. The van der Waals surface area contributed by atoms with Crippen molar-refractivity contribution in [2.45, 2.75) is 33.2 Å². The van der Waals surface area contributed by atoms with Gasteiger partial charge in [-0.05, 0) is 18.1 Å². The summed E-state index contributed by atoms with van der Waals surface area (Å²) in [6.45, 7) is 5.16. The molecule has 0 aliphatic heterocycles. The molecule has 0 radical (unpaired) electrons. The molecular formula is C16H22N2O4. The summed E-state index contributed by atoms with van der Waals surface area (Å²) in [5.74, 6) is -1.25. The van der Waals surface area contributed by atoms with E-state index < -0.39 is 17.9 Å². The molecule has 1 rings (SSSR count). The van der Waals surface area contributed by atoms with E-state index in [0.717, 1.165) is 0 Å². The first-order valence-corrected chi connectivity index (χ1v) is 7.16. The molecule has 0 saturated carbocycles. The maximum atomic E-state index is 12.4. The molecule has 22 heavy (non-hydrogen) atoms. The van der Waals surface area contributed by atoms with Crippen molar-refractivity contribution in [3.8, 4) is 0 Å². The van der Waals surface area contributed by atoms with Crippen LogP contribution >= 0.6 is 0 Å². The van der Waals surface area contributed by atoms with Gasteiger partial charge in [0.15, 0.2) is 0 Å². The van der Waals surface area contributed by atoms with Crippen LogP contribution in [-0.4, -0.2) is 30.9 Å². The number of hydrogen-bond donors (Lipinski definition) is 2. The summed E-state index contributed by atoms with van der Waals surface area (Å²) < 4.78 is 4.74. The van der Waals surface area contributed by atoms with Crippen LogP contribution in [0.2, 0.25) is 0 Å². The highest BCUT2D eigenvalue weighted by molar-refractivity contribution is 6.04. The number of carbonyl (C=O) groups excluding carboxylic acids is 3. The largest absolute Gasteiger partial charge is 0.467 e. The Morgan fingerprint density at radius 3 is 2.41 bits per heavy atom. The fourth-order valence-corrected chi connectivity index (χ4v) is 1.99. The average molecular weight is 306 g/mol. The van der Waals surface area contributed by atoms with Gasteiger partial charge in [0.1, 0.15) is 6.04 Å². The zero-order valence-electron chi connectivity index (χ0n) is 13.3. The van der Waals surface area contributed by atoms with Crippen molar-refractivity contribution >= 4 is 23.5 Å². The van der Waals surface area contributed by atoms with Gasteiger partial charge in [-0.25, -0.2) is 4.79 Å². The zero-order chi connectivity index (χ0) is 16.7. The third-order valence-electron chi connectivity index (χ3n) is 3.44. The van der Waals surface area contributed by atoms with Crippen LogP contribution < -0.4 is 10.6 Å². The standard InChI is InChI=1S/C16H22N2O4/c1-5-10(2)14(16(21)22-4)18-15(20)12-8-6-7-9-13(12)17-11(3)19/h6-10,14H,5H2,1-4H3,(H,17,19)(H,18,20)/t10-,14-/m0/s1. The van der Waals surface area contributed by atoms with E-state index in [1.807, 2.05) is 13.8 Å². The van der Waals surface area contributed by atoms with Crippen LogP contribution in [0.5, 0.6) is 0 Å². The lowest BCUT2D eigenvalue weighted by Crippen LogP contribution is -2.45. The van der Waals surface area contributed by atoms with E-state index in [1.54, 1.807) is 24.3 Å². The second-order valence-electron chi connectivity index (χ2n) is 5.09. The molecule has 0 fully saturated rings. The minimum Gasteiger partial charge on any atom is -0.467 e. The number of anilines is 1. The summed E-state index contributed by atoms with van der Waals surface area (Å²) in [6, 6.07) is 5.90. The maximum Gasteiger partial charge on any atom is 0.328 e. The van der Waals surface area contributed by atoms with Crippen LogP contribution in [0.4, 0.5) is 5.69 Å². The van der Waals surface area contributed by atoms with Gasteiger partial charge in [0.2, 0.25) is 5.91 Å². The molecule has 2 atom stereocenters. The minimum absolute atomic E-state index is 0.0654. The first-order chi connectivity index (χ1) is 10.4.